The van der Waals surface area contributed by atoms with Gasteiger partial charge in [-0.05, 0) is 6.07 Å². The second kappa shape index (κ2) is 6.94. The van der Waals surface area contributed by atoms with Gasteiger partial charge in [-0.3, -0.25) is 4.79 Å². The van der Waals surface area contributed by atoms with E-state index in [2.05, 4.69) is 10.1 Å². The van der Waals surface area contributed by atoms with Gasteiger partial charge in [-0.25, -0.2) is 4.98 Å². The number of pyridine rings is 1. The molecule has 2 aromatic heterocycles. The highest BCUT2D eigenvalue weighted by atomic mass is 35.5. The summed E-state index contributed by atoms with van der Waals surface area (Å²) in [5.74, 6) is 0.506. The van der Waals surface area contributed by atoms with Crippen molar-refractivity contribution in [3.8, 4) is 11.3 Å². The molecule has 0 saturated carbocycles. The van der Waals surface area contributed by atoms with Crippen molar-refractivity contribution in [2.75, 3.05) is 0 Å². The van der Waals surface area contributed by atoms with Crippen LogP contribution in [-0.2, 0) is 6.42 Å². The molecule has 0 fully saturated rings. The Morgan fingerprint density at radius 1 is 1.13 bits per heavy atom. The standard InChI is InChI=1S/C17H12Cl2N2O2/c18-12-8-14(17(19)20-10-12)16(22)7-6-13-9-15(21-23-13)11-4-2-1-3-5-11/h1-5,8-10H,6-7H2. The quantitative estimate of drug-likeness (QED) is 0.489. The van der Waals surface area contributed by atoms with E-state index in [9.17, 15) is 4.79 Å². The summed E-state index contributed by atoms with van der Waals surface area (Å²) in [4.78, 5) is 16.1. The van der Waals surface area contributed by atoms with Gasteiger partial charge in [0.05, 0.1) is 10.6 Å². The van der Waals surface area contributed by atoms with Gasteiger partial charge >= 0.3 is 0 Å². The van der Waals surface area contributed by atoms with Gasteiger partial charge in [0.25, 0.3) is 0 Å². The maximum atomic E-state index is 12.2. The number of benzene rings is 1. The van der Waals surface area contributed by atoms with Crippen molar-refractivity contribution in [3.05, 3.63) is 70.2 Å². The van der Waals surface area contributed by atoms with Crippen LogP contribution in [0, 0.1) is 0 Å². The molecule has 1 aromatic carbocycles. The lowest BCUT2D eigenvalue weighted by Crippen LogP contribution is -2.03. The fourth-order valence-corrected chi connectivity index (χ4v) is 2.53. The molecule has 3 rings (SSSR count). The molecular weight excluding hydrogens is 335 g/mol. The van der Waals surface area contributed by atoms with Gasteiger partial charge in [-0.1, -0.05) is 58.7 Å². The Hall–Kier alpha value is -2.17. The van der Waals surface area contributed by atoms with Crippen LogP contribution in [-0.4, -0.2) is 15.9 Å². The number of rotatable bonds is 5. The molecule has 4 nitrogen and oxygen atoms in total. The van der Waals surface area contributed by atoms with E-state index in [0.717, 1.165) is 11.3 Å². The maximum Gasteiger partial charge on any atom is 0.166 e. The van der Waals surface area contributed by atoms with E-state index < -0.39 is 0 Å². The van der Waals surface area contributed by atoms with E-state index in [1.807, 2.05) is 36.4 Å². The minimum atomic E-state index is -0.136. The molecular formula is C17H12Cl2N2O2. The molecule has 0 amide bonds. The molecule has 0 aliphatic rings. The first kappa shape index (κ1) is 15.7. The number of hydrogen-bond donors (Lipinski definition) is 0. The molecule has 0 radical (unpaired) electrons. The number of halogens is 2. The van der Waals surface area contributed by atoms with Gasteiger partial charge in [-0.2, -0.15) is 0 Å². The third kappa shape index (κ3) is 3.78. The molecule has 0 aliphatic carbocycles. The van der Waals surface area contributed by atoms with E-state index in [1.165, 1.54) is 12.3 Å². The number of carbonyl (C=O) groups excluding carboxylic acids is 1. The first-order chi connectivity index (χ1) is 11.1. The molecule has 3 aromatic rings. The second-order valence-electron chi connectivity index (χ2n) is 4.96. The van der Waals surface area contributed by atoms with Crippen molar-refractivity contribution in [2.24, 2.45) is 0 Å². The Morgan fingerprint density at radius 2 is 1.91 bits per heavy atom. The van der Waals surface area contributed by atoms with Crippen LogP contribution in [0.2, 0.25) is 10.2 Å². The predicted molar refractivity (Wildman–Crippen MR) is 88.8 cm³/mol. The Bertz CT molecular complexity index is 832. The van der Waals surface area contributed by atoms with Crippen LogP contribution in [0.3, 0.4) is 0 Å². The van der Waals surface area contributed by atoms with E-state index in [4.69, 9.17) is 27.7 Å². The fraction of sp³-hybridized carbons (Fsp3) is 0.118. The SMILES string of the molecule is O=C(CCc1cc(-c2ccccc2)no1)c1cc(Cl)cnc1Cl. The van der Waals surface area contributed by atoms with Gasteiger partial charge in [0, 0.05) is 30.7 Å². The Balaban J connectivity index is 1.68. The van der Waals surface area contributed by atoms with E-state index in [0.29, 0.717) is 22.8 Å². The molecule has 6 heteroatoms. The Morgan fingerprint density at radius 3 is 2.70 bits per heavy atom. The topological polar surface area (TPSA) is 56.0 Å². The van der Waals surface area contributed by atoms with Gasteiger partial charge in [0.1, 0.15) is 16.6 Å². The number of carbonyl (C=O) groups is 1. The summed E-state index contributed by atoms with van der Waals surface area (Å²) >= 11 is 11.8. The number of hydrogen-bond acceptors (Lipinski definition) is 4. The van der Waals surface area contributed by atoms with Crippen molar-refractivity contribution in [1.82, 2.24) is 10.1 Å². The van der Waals surface area contributed by atoms with Crippen LogP contribution >= 0.6 is 23.2 Å². The smallest absolute Gasteiger partial charge is 0.166 e. The lowest BCUT2D eigenvalue weighted by atomic mass is 10.1. The summed E-state index contributed by atoms with van der Waals surface area (Å²) in [6.07, 6.45) is 2.08. The Kier molecular flexibility index (Phi) is 4.74. The molecule has 0 N–H and O–H groups in total. The number of Topliss-reactive ketones (excluding diaryl/α,β-unsaturated/α-hetero) is 1. The molecule has 0 aliphatic heterocycles. The molecule has 116 valence electrons. The molecule has 2 heterocycles. The number of aryl methyl sites for hydroxylation is 1. The molecule has 0 unspecified atom stereocenters. The first-order valence-corrected chi connectivity index (χ1v) is 7.74. The van der Waals surface area contributed by atoms with Crippen molar-refractivity contribution in [2.45, 2.75) is 12.8 Å². The van der Waals surface area contributed by atoms with Crippen LogP contribution in [0.25, 0.3) is 11.3 Å². The van der Waals surface area contributed by atoms with Crippen LogP contribution in [0.15, 0.2) is 53.2 Å². The van der Waals surface area contributed by atoms with Gasteiger partial charge in [0.2, 0.25) is 0 Å². The van der Waals surface area contributed by atoms with Gasteiger partial charge < -0.3 is 4.52 Å². The van der Waals surface area contributed by atoms with E-state index in [-0.39, 0.29) is 17.4 Å². The monoisotopic (exact) mass is 346 g/mol. The highest BCUT2D eigenvalue weighted by molar-refractivity contribution is 6.34. The van der Waals surface area contributed by atoms with E-state index >= 15 is 0 Å². The number of ketones is 1. The minimum Gasteiger partial charge on any atom is -0.361 e. The lowest BCUT2D eigenvalue weighted by Gasteiger charge is -2.02. The fourth-order valence-electron chi connectivity index (χ4n) is 2.17. The zero-order valence-corrected chi connectivity index (χ0v) is 13.5. The molecule has 0 saturated heterocycles. The summed E-state index contributed by atoms with van der Waals surface area (Å²) in [5, 5.41) is 4.56. The van der Waals surface area contributed by atoms with Crippen molar-refractivity contribution in [3.63, 3.8) is 0 Å². The van der Waals surface area contributed by atoms with Crippen molar-refractivity contribution in [1.29, 1.82) is 0 Å². The largest absolute Gasteiger partial charge is 0.361 e. The molecule has 0 spiro atoms. The zero-order valence-electron chi connectivity index (χ0n) is 12.0. The van der Waals surface area contributed by atoms with Crippen LogP contribution in [0.5, 0.6) is 0 Å². The summed E-state index contributed by atoms with van der Waals surface area (Å²) in [7, 11) is 0. The first-order valence-electron chi connectivity index (χ1n) is 6.99. The maximum absolute atomic E-state index is 12.2. The summed E-state index contributed by atoms with van der Waals surface area (Å²) in [6, 6.07) is 13.1. The number of aromatic nitrogens is 2. The van der Waals surface area contributed by atoms with Crippen LogP contribution in [0.1, 0.15) is 22.5 Å². The third-order valence-corrected chi connectivity index (χ3v) is 3.84. The van der Waals surface area contributed by atoms with E-state index in [1.54, 1.807) is 0 Å². The highest BCUT2D eigenvalue weighted by Crippen LogP contribution is 2.22. The molecule has 0 atom stereocenters. The molecule has 23 heavy (non-hydrogen) atoms. The lowest BCUT2D eigenvalue weighted by molar-refractivity contribution is 0.0980. The van der Waals surface area contributed by atoms with Gasteiger partial charge in [0.15, 0.2) is 5.78 Å². The third-order valence-electron chi connectivity index (χ3n) is 3.33. The minimum absolute atomic E-state index is 0.136. The predicted octanol–water partition coefficient (Wildman–Crippen LogP) is 4.86. The van der Waals surface area contributed by atoms with Crippen molar-refractivity contribution < 1.29 is 9.32 Å². The van der Waals surface area contributed by atoms with Gasteiger partial charge in [-0.15, -0.1) is 0 Å². The molecule has 0 bridgehead atoms. The second-order valence-corrected chi connectivity index (χ2v) is 5.75. The average Bonchev–Trinajstić information content (AvgIpc) is 3.05. The van der Waals surface area contributed by atoms with Crippen molar-refractivity contribution >= 4 is 29.0 Å². The van der Waals surface area contributed by atoms with Crippen LogP contribution < -0.4 is 0 Å². The Labute approximate surface area is 143 Å². The number of nitrogens with zero attached hydrogens (tertiary/aromatic N) is 2. The highest BCUT2D eigenvalue weighted by Gasteiger charge is 2.14. The normalized spacial score (nSPS) is 10.7. The summed E-state index contributed by atoms with van der Waals surface area (Å²) < 4.78 is 5.28. The van der Waals surface area contributed by atoms with Crippen LogP contribution in [0.4, 0.5) is 0 Å². The summed E-state index contributed by atoms with van der Waals surface area (Å²) in [6.45, 7) is 0. The summed E-state index contributed by atoms with van der Waals surface area (Å²) in [5.41, 5.74) is 2.04. The average molecular weight is 347 g/mol. The zero-order chi connectivity index (χ0) is 16.2.